The number of halogens is 4. The maximum absolute atomic E-state index is 12.7. The summed E-state index contributed by atoms with van der Waals surface area (Å²) in [6.07, 6.45) is 2.17. The molecule has 2 atom stereocenters. The van der Waals surface area contributed by atoms with Crippen molar-refractivity contribution in [1.29, 1.82) is 0 Å². The van der Waals surface area contributed by atoms with Gasteiger partial charge in [0.25, 0.3) is 0 Å². The number of carboxylic acids is 1. The van der Waals surface area contributed by atoms with Crippen LogP contribution in [0.4, 0.5) is 0 Å². The highest BCUT2D eigenvalue weighted by Crippen LogP contribution is 2.31. The van der Waals surface area contributed by atoms with Crippen molar-refractivity contribution in [3.05, 3.63) is 138 Å². The molecule has 0 spiro atoms. The lowest BCUT2D eigenvalue weighted by molar-refractivity contribution is -0.136. The van der Waals surface area contributed by atoms with Crippen molar-refractivity contribution < 1.29 is 14.7 Å². The van der Waals surface area contributed by atoms with E-state index in [1.807, 2.05) is 17.0 Å². The fourth-order valence-electron chi connectivity index (χ4n) is 5.64. The number of hydrogen-bond acceptors (Lipinski definition) is 3. The molecule has 5 nitrogen and oxygen atoms in total. The fourth-order valence-corrected chi connectivity index (χ4v) is 6.70. The number of fused-ring (bicyclic) bond motifs is 2. The first-order valence-corrected chi connectivity index (χ1v) is 16.3. The largest absolute Gasteiger partial charge is 0.481 e. The molecule has 0 bridgehead atoms. The van der Waals surface area contributed by atoms with Gasteiger partial charge in [0.2, 0.25) is 5.91 Å². The average Bonchev–Trinajstić information content (AvgIpc) is 3.02. The van der Waals surface area contributed by atoms with Gasteiger partial charge in [-0.2, -0.15) is 0 Å². The van der Waals surface area contributed by atoms with E-state index in [-0.39, 0.29) is 24.8 Å². The first-order valence-electron chi connectivity index (χ1n) is 14.8. The third kappa shape index (κ3) is 9.25. The van der Waals surface area contributed by atoms with E-state index in [2.05, 4.69) is 55.6 Å². The number of rotatable bonds is 4. The minimum Gasteiger partial charge on any atom is -0.481 e. The number of amides is 1. The second-order valence-corrected chi connectivity index (χ2v) is 12.6. The minimum absolute atomic E-state index is 0.0667. The summed E-state index contributed by atoms with van der Waals surface area (Å²) in [6.45, 7) is 6.15. The van der Waals surface area contributed by atoms with Gasteiger partial charge in [-0.3, -0.25) is 9.59 Å². The van der Waals surface area contributed by atoms with Gasteiger partial charge in [0.15, 0.2) is 0 Å². The Balaban J connectivity index is 0.000000169. The molecule has 0 aliphatic carbocycles. The summed E-state index contributed by atoms with van der Waals surface area (Å²) in [4.78, 5) is 25.0. The first-order chi connectivity index (χ1) is 21.6. The van der Waals surface area contributed by atoms with Gasteiger partial charge in [0.1, 0.15) is 0 Å². The summed E-state index contributed by atoms with van der Waals surface area (Å²) in [5.74, 6) is -0.873. The SMILES string of the molecule is CC1NCCc2ccccc21.CC1c2ccccc2CCN1C(=O)Cc1c(Cl)cccc1Cl.O=C(O)Cc1c(Cl)cccc1Cl. The van der Waals surface area contributed by atoms with Gasteiger partial charge in [-0.25, -0.2) is 0 Å². The van der Waals surface area contributed by atoms with Gasteiger partial charge in [-0.1, -0.05) is 107 Å². The molecule has 2 N–H and O–H groups in total. The van der Waals surface area contributed by atoms with Crippen LogP contribution in [-0.2, 0) is 35.3 Å². The lowest BCUT2D eigenvalue weighted by atomic mass is 9.93. The first kappa shape index (κ1) is 34.8. The van der Waals surface area contributed by atoms with Crippen LogP contribution in [-0.4, -0.2) is 35.0 Å². The predicted octanol–water partition coefficient (Wildman–Crippen LogP) is 9.20. The zero-order valence-electron chi connectivity index (χ0n) is 25.2. The Morgan fingerprint density at radius 3 is 1.73 bits per heavy atom. The van der Waals surface area contributed by atoms with Crippen molar-refractivity contribution in [2.24, 2.45) is 0 Å². The molecule has 4 aromatic rings. The zero-order chi connectivity index (χ0) is 32.5. The predicted molar refractivity (Wildman–Crippen MR) is 185 cm³/mol. The van der Waals surface area contributed by atoms with Crippen molar-refractivity contribution in [2.75, 3.05) is 13.1 Å². The fraction of sp³-hybridized carbons (Fsp3) is 0.278. The molecule has 2 aliphatic rings. The second kappa shape index (κ2) is 16.5. The van der Waals surface area contributed by atoms with E-state index in [9.17, 15) is 9.59 Å². The number of carbonyl (C=O) groups is 2. The summed E-state index contributed by atoms with van der Waals surface area (Å²) < 4.78 is 0. The Morgan fingerprint density at radius 1 is 0.711 bits per heavy atom. The summed E-state index contributed by atoms with van der Waals surface area (Å²) in [5, 5.41) is 13.8. The zero-order valence-corrected chi connectivity index (χ0v) is 28.2. The van der Waals surface area contributed by atoms with Gasteiger partial charge in [0, 0.05) is 38.2 Å². The van der Waals surface area contributed by atoms with Crippen LogP contribution >= 0.6 is 46.4 Å². The van der Waals surface area contributed by atoms with Crippen LogP contribution in [0.25, 0.3) is 0 Å². The Kier molecular flexibility index (Phi) is 12.8. The maximum atomic E-state index is 12.7. The lowest BCUT2D eigenvalue weighted by Gasteiger charge is -2.35. The van der Waals surface area contributed by atoms with Crippen molar-refractivity contribution in [3.8, 4) is 0 Å². The number of carbonyl (C=O) groups excluding carboxylic acids is 1. The van der Waals surface area contributed by atoms with Gasteiger partial charge < -0.3 is 15.3 Å². The molecule has 0 saturated carbocycles. The van der Waals surface area contributed by atoms with Crippen LogP contribution in [0.2, 0.25) is 20.1 Å². The van der Waals surface area contributed by atoms with Crippen LogP contribution in [0.3, 0.4) is 0 Å². The standard InChI is InChI=1S/C18H17Cl2NO.C10H13N.C8H6Cl2O2/c1-12-14-6-3-2-5-13(14)9-10-21(12)18(22)11-15-16(19)7-4-8-17(15)20;1-8-10-5-3-2-4-9(10)6-7-11-8;9-6-2-1-3-7(10)5(6)4-8(11)12/h2-8,12H,9-11H2,1H3;2-5,8,11H,6-7H2,1H3;1-3H,4H2,(H,11,12). The van der Waals surface area contributed by atoms with E-state index >= 15 is 0 Å². The van der Waals surface area contributed by atoms with Crippen molar-refractivity contribution in [1.82, 2.24) is 10.2 Å². The number of hydrogen-bond donors (Lipinski definition) is 2. The summed E-state index contributed by atoms with van der Waals surface area (Å²) in [5.41, 5.74) is 6.72. The molecule has 2 aliphatic heterocycles. The number of nitrogens with zero attached hydrogens (tertiary/aromatic N) is 1. The van der Waals surface area contributed by atoms with E-state index in [0.717, 1.165) is 19.5 Å². The highest BCUT2D eigenvalue weighted by Gasteiger charge is 2.28. The van der Waals surface area contributed by atoms with Crippen molar-refractivity contribution >= 4 is 58.3 Å². The van der Waals surface area contributed by atoms with Gasteiger partial charge in [-0.15, -0.1) is 0 Å². The summed E-state index contributed by atoms with van der Waals surface area (Å²) >= 11 is 23.8. The van der Waals surface area contributed by atoms with Gasteiger partial charge >= 0.3 is 5.97 Å². The van der Waals surface area contributed by atoms with E-state index < -0.39 is 5.97 Å². The molecule has 0 saturated heterocycles. The molecule has 9 heteroatoms. The average molecular weight is 687 g/mol. The topological polar surface area (TPSA) is 69.6 Å². The quantitative estimate of drug-likeness (QED) is 0.225. The normalized spacial score (nSPS) is 16.6. The highest BCUT2D eigenvalue weighted by molar-refractivity contribution is 6.36. The third-order valence-electron chi connectivity index (χ3n) is 8.06. The number of carboxylic acid groups (broad SMARTS) is 1. The monoisotopic (exact) mass is 684 g/mol. The summed E-state index contributed by atoms with van der Waals surface area (Å²) in [6, 6.07) is 27.8. The van der Waals surface area contributed by atoms with Crippen LogP contribution < -0.4 is 5.32 Å². The third-order valence-corrected chi connectivity index (χ3v) is 9.48. The van der Waals surface area contributed by atoms with Gasteiger partial charge in [-0.05, 0) is 85.3 Å². The van der Waals surface area contributed by atoms with E-state index in [1.165, 1.54) is 28.7 Å². The number of benzene rings is 4. The Bertz CT molecular complexity index is 1600. The maximum Gasteiger partial charge on any atom is 0.307 e. The second-order valence-electron chi connectivity index (χ2n) is 11.0. The Morgan fingerprint density at radius 2 is 1.20 bits per heavy atom. The Labute approximate surface area is 285 Å². The van der Waals surface area contributed by atoms with Crippen LogP contribution in [0.1, 0.15) is 59.3 Å². The lowest BCUT2D eigenvalue weighted by Crippen LogP contribution is -2.39. The molecule has 236 valence electrons. The molecule has 1 amide bonds. The number of nitrogens with one attached hydrogen (secondary N) is 1. The Hall–Kier alpha value is -3.06. The molecule has 0 aromatic heterocycles. The minimum atomic E-state index is -0.940. The smallest absolute Gasteiger partial charge is 0.307 e. The van der Waals surface area contributed by atoms with E-state index in [4.69, 9.17) is 51.5 Å². The molecule has 0 radical (unpaired) electrons. The van der Waals surface area contributed by atoms with Crippen molar-refractivity contribution in [2.45, 2.75) is 51.6 Å². The van der Waals surface area contributed by atoms with E-state index in [1.54, 1.807) is 36.4 Å². The number of aliphatic carboxylic acids is 1. The van der Waals surface area contributed by atoms with Crippen LogP contribution in [0.15, 0.2) is 84.9 Å². The summed E-state index contributed by atoms with van der Waals surface area (Å²) in [7, 11) is 0. The molecule has 45 heavy (non-hydrogen) atoms. The van der Waals surface area contributed by atoms with Gasteiger partial charge in [0.05, 0.1) is 18.9 Å². The molecule has 6 rings (SSSR count). The molecule has 4 aromatic carbocycles. The molecule has 2 unspecified atom stereocenters. The molecular weight excluding hydrogens is 650 g/mol. The van der Waals surface area contributed by atoms with E-state index in [0.29, 0.717) is 37.3 Å². The molecular formula is C36H36Cl4N2O3. The van der Waals surface area contributed by atoms with Crippen LogP contribution in [0, 0.1) is 0 Å². The van der Waals surface area contributed by atoms with Crippen LogP contribution in [0.5, 0.6) is 0 Å². The molecule has 2 heterocycles. The molecule has 0 fully saturated rings. The van der Waals surface area contributed by atoms with Crippen molar-refractivity contribution in [3.63, 3.8) is 0 Å². The highest BCUT2D eigenvalue weighted by atomic mass is 35.5.